The molecule has 19 heteroatoms. The molecular weight excluding hydrogens is 751 g/mol. The molecule has 1 heterocycles. The predicted molar refractivity (Wildman–Crippen MR) is 181 cm³/mol. The minimum atomic E-state index is -6.43. The molecule has 2 fully saturated rings. The number of imide groups is 1. The molecule has 1 aliphatic heterocycles. The third-order valence-corrected chi connectivity index (χ3v) is 9.20. The molecule has 4 N–H and O–H groups in total. The largest absolute Gasteiger partial charge is 1.00 e. The Balaban J connectivity index is 0.00000420. The van der Waals surface area contributed by atoms with Crippen molar-refractivity contribution in [2.45, 2.75) is 69.1 Å². The van der Waals surface area contributed by atoms with Crippen LogP contribution in [0.5, 0.6) is 5.75 Å². The Morgan fingerprint density at radius 2 is 1.53 bits per heavy atom. The number of rotatable bonds is 13. The van der Waals surface area contributed by atoms with Crippen LogP contribution in [0.15, 0.2) is 72.8 Å². The first-order chi connectivity index (χ1) is 25.4. The summed E-state index contributed by atoms with van der Waals surface area (Å²) in [7, 11) is 1.12. The van der Waals surface area contributed by atoms with E-state index in [0.29, 0.717) is 18.5 Å². The Morgan fingerprint density at radius 3 is 2.09 bits per heavy atom. The monoisotopic (exact) mass is 787 g/mol. The summed E-state index contributed by atoms with van der Waals surface area (Å²) in [6, 6.07) is 11.2. The summed E-state index contributed by atoms with van der Waals surface area (Å²) in [4.78, 5) is 64.9. The molecule has 3 aromatic rings. The first kappa shape index (κ1) is 42.9. The molecule has 55 heavy (non-hydrogen) atoms. The second-order valence-electron chi connectivity index (χ2n) is 12.9. The maximum Gasteiger partial charge on any atom is 1.00 e. The zero-order chi connectivity index (χ0) is 39.6. The van der Waals surface area contributed by atoms with Crippen LogP contribution in [-0.2, 0) is 20.9 Å². The van der Waals surface area contributed by atoms with Crippen LogP contribution in [0.4, 0.5) is 47.3 Å². The number of methoxy groups -OCH3 is 1. The van der Waals surface area contributed by atoms with Gasteiger partial charge in [0.1, 0.15) is 11.8 Å². The molecule has 3 aromatic carbocycles. The number of benzene rings is 3. The van der Waals surface area contributed by atoms with Crippen molar-refractivity contribution in [2.24, 2.45) is 5.92 Å². The van der Waals surface area contributed by atoms with E-state index in [4.69, 9.17) is 4.74 Å². The fraction of sp³-hybridized carbons (Fsp3) is 0.361. The molecule has 6 amide bonds. The van der Waals surface area contributed by atoms with E-state index in [0.717, 1.165) is 30.9 Å². The number of carbonyl (C=O) groups is 5. The third kappa shape index (κ3) is 9.02. The quantitative estimate of drug-likeness (QED) is 0.116. The first-order valence-corrected chi connectivity index (χ1v) is 16.5. The zero-order valence-electron chi connectivity index (χ0n) is 30.8. The van der Waals surface area contributed by atoms with Gasteiger partial charge in [0.15, 0.2) is 0 Å². The van der Waals surface area contributed by atoms with E-state index >= 15 is 0 Å². The number of ether oxygens (including phenoxy) is 1. The van der Waals surface area contributed by atoms with Crippen molar-refractivity contribution < 1.29 is 91.1 Å². The minimum Gasteiger partial charge on any atom is -1.00 e. The second-order valence-corrected chi connectivity index (χ2v) is 12.9. The fourth-order valence-electron chi connectivity index (χ4n) is 6.31. The molecule has 1 saturated carbocycles. The van der Waals surface area contributed by atoms with Crippen molar-refractivity contribution in [3.05, 3.63) is 89.5 Å². The molecule has 0 aromatic heterocycles. The molecule has 5 rings (SSSR count). The number of carbonyl (C=O) groups excluding carboxylic acids is 4. The average molecular weight is 788 g/mol. The van der Waals surface area contributed by atoms with Crippen molar-refractivity contribution in [3.8, 4) is 5.75 Å². The molecule has 0 bridgehead atoms. The smallest absolute Gasteiger partial charge is 1.00 e. The molecule has 2 atom stereocenters. The van der Waals surface area contributed by atoms with E-state index in [2.05, 4.69) is 16.0 Å². The number of aryl methyl sites for hydroxylation is 1. The van der Waals surface area contributed by atoms with Gasteiger partial charge in [0, 0.05) is 12.2 Å². The normalized spacial score (nSPS) is 16.5. The van der Waals surface area contributed by atoms with Crippen LogP contribution >= 0.6 is 0 Å². The maximum absolute atomic E-state index is 14.9. The van der Waals surface area contributed by atoms with E-state index in [9.17, 15) is 55.4 Å². The molecule has 1 saturated heterocycles. The summed E-state index contributed by atoms with van der Waals surface area (Å²) in [5, 5.41) is 16.9. The summed E-state index contributed by atoms with van der Waals surface area (Å²) in [6.07, 6.45) is -13.2. The second kappa shape index (κ2) is 16.9. The Kier molecular flexibility index (Phi) is 13.2. The van der Waals surface area contributed by atoms with Crippen LogP contribution in [-0.4, -0.2) is 75.8 Å². The molecule has 1 aliphatic carbocycles. The topological polar surface area (TPSA) is 157 Å². The van der Waals surface area contributed by atoms with Gasteiger partial charge in [0.05, 0.1) is 25.3 Å². The van der Waals surface area contributed by atoms with Crippen LogP contribution in [0.25, 0.3) is 0 Å². The number of hydrogen-bond acceptors (Lipinski definition) is 6. The number of nitrogens with one attached hydrogen (secondary N) is 3. The Morgan fingerprint density at radius 1 is 0.927 bits per heavy atom. The van der Waals surface area contributed by atoms with Crippen molar-refractivity contribution >= 4 is 41.2 Å². The van der Waals surface area contributed by atoms with Gasteiger partial charge < -0.3 is 27.2 Å². The van der Waals surface area contributed by atoms with E-state index < -0.39 is 90.0 Å². The number of hydrogen-bond donors (Lipinski definition) is 4. The van der Waals surface area contributed by atoms with E-state index in [1.165, 1.54) is 24.3 Å². The van der Waals surface area contributed by atoms with Gasteiger partial charge in [0.2, 0.25) is 5.91 Å². The summed E-state index contributed by atoms with van der Waals surface area (Å²) in [5.74, 6) is -6.04. The fourth-order valence-corrected chi connectivity index (χ4v) is 6.31. The number of amides is 6. The van der Waals surface area contributed by atoms with Gasteiger partial charge in [-0.05, 0) is 54.2 Å². The SMILES string of the molecule is COc1cc(CN2C(=O)N([C@@H](CC3CC3)C(=O)N[C@@H](CC(=O)O)c3ccccc3)C(=O)C2(C(F)(F)F)C(F)(F)F)ccc1NC(=O)Nc1ccccc1C.[H-].[Na+]. The number of urea groups is 2. The van der Waals surface area contributed by atoms with E-state index in [1.54, 1.807) is 37.3 Å². The van der Waals surface area contributed by atoms with Gasteiger partial charge in [-0.15, -0.1) is 0 Å². The first-order valence-electron chi connectivity index (χ1n) is 16.5. The standard InChI is InChI=1S/C36H35F6N5O7.Na.H/c1-20-8-6-7-11-24(20)44-32(52)45-25-15-14-22(17-28(25)54-2)19-46-33(53)47(31(51)34(46,35(37,38)39)36(40,41)42)27(16-21-12-13-21)30(50)43-26(18-29(48)49)23-9-4-3-5-10-23;;/h3-11,14-15,17,21,26-27H,12-13,16,18-19H2,1-2H3,(H,43,50)(H,48,49)(H2,44,45,52);;/q;+1;-1/t26-,27-;;/m0../s1. The molecule has 0 unspecified atom stereocenters. The summed E-state index contributed by atoms with van der Waals surface area (Å²) < 4.78 is 94.8. The number of anilines is 2. The molecule has 12 nitrogen and oxygen atoms in total. The number of aliphatic carboxylic acids is 1. The van der Waals surface area contributed by atoms with Crippen LogP contribution in [0.3, 0.4) is 0 Å². The third-order valence-electron chi connectivity index (χ3n) is 9.20. The van der Waals surface area contributed by atoms with Gasteiger partial charge in [-0.2, -0.15) is 26.3 Å². The van der Waals surface area contributed by atoms with Gasteiger partial charge >= 0.3 is 65.5 Å². The Hall–Kier alpha value is -4.81. The minimum absolute atomic E-state index is 0. The van der Waals surface area contributed by atoms with Crippen LogP contribution in [0.2, 0.25) is 0 Å². The van der Waals surface area contributed by atoms with Crippen LogP contribution in [0, 0.1) is 12.8 Å². The van der Waals surface area contributed by atoms with Crippen LogP contribution < -0.4 is 50.2 Å². The van der Waals surface area contributed by atoms with E-state index in [-0.39, 0.29) is 58.4 Å². The molecule has 0 radical (unpaired) electrons. The van der Waals surface area contributed by atoms with Crippen molar-refractivity contribution in [1.29, 1.82) is 0 Å². The maximum atomic E-state index is 14.9. The van der Waals surface area contributed by atoms with Crippen LogP contribution in [0.1, 0.15) is 49.8 Å². The summed E-state index contributed by atoms with van der Waals surface area (Å²) in [6.45, 7) is 0.301. The summed E-state index contributed by atoms with van der Waals surface area (Å²) >= 11 is 0. The molecule has 2 aliphatic rings. The number of para-hydroxylation sites is 1. The van der Waals surface area contributed by atoms with Gasteiger partial charge in [-0.3, -0.25) is 19.3 Å². The van der Waals surface area contributed by atoms with Gasteiger partial charge in [-0.25, -0.2) is 14.5 Å². The Bertz CT molecular complexity index is 1920. The molecule has 0 spiro atoms. The number of halogens is 6. The number of carboxylic acids is 1. The number of nitrogens with zero attached hydrogens (tertiary/aromatic N) is 2. The summed E-state index contributed by atoms with van der Waals surface area (Å²) in [5.41, 5.74) is -4.37. The Labute approximate surface area is 334 Å². The van der Waals surface area contributed by atoms with Gasteiger partial charge in [-0.1, -0.05) is 67.4 Å². The average Bonchev–Trinajstić information content (AvgIpc) is 3.88. The van der Waals surface area contributed by atoms with Crippen molar-refractivity contribution in [1.82, 2.24) is 15.1 Å². The molecule has 290 valence electrons. The predicted octanol–water partition coefficient (Wildman–Crippen LogP) is 3.89. The van der Waals surface area contributed by atoms with Crippen molar-refractivity contribution in [3.63, 3.8) is 0 Å². The van der Waals surface area contributed by atoms with E-state index in [1.807, 2.05) is 0 Å². The molecular formula is C36H36F6N5NaO7. The van der Waals surface area contributed by atoms with Gasteiger partial charge in [0.25, 0.3) is 5.91 Å². The van der Waals surface area contributed by atoms with Crippen molar-refractivity contribution in [2.75, 3.05) is 17.7 Å². The number of carboxylic acid groups (broad SMARTS) is 1. The number of alkyl halides is 6. The zero-order valence-corrected chi connectivity index (χ0v) is 31.8.